The van der Waals surface area contributed by atoms with Crippen LogP contribution in [0, 0.1) is 0 Å². The van der Waals surface area contributed by atoms with Gasteiger partial charge in [0.25, 0.3) is 0 Å². The van der Waals surface area contributed by atoms with Crippen LogP contribution in [0.15, 0.2) is 29.9 Å². The number of thiazole rings is 1. The molecule has 1 fully saturated rings. The first-order valence-electron chi connectivity index (χ1n) is 8.91. The first-order chi connectivity index (χ1) is 14.1. The third kappa shape index (κ3) is 4.58. The highest BCUT2D eigenvalue weighted by Gasteiger charge is 2.31. The van der Waals surface area contributed by atoms with Gasteiger partial charge in [-0.3, -0.25) is 4.40 Å². The van der Waals surface area contributed by atoms with E-state index in [0.717, 1.165) is 18.5 Å². The maximum atomic E-state index is 13.1. The number of hydrogen-bond donors (Lipinski definition) is 1. The standard InChI is InChI=1S/C17H18F3N5O3S2/c1-30(26,27)22-6-12-9-24(4-5-28-12)16-23-13(10-29-16)14-7-21-15-3-2-11(8-25(14)15)17(18,19)20/h2-3,7-8,10,12,22H,4-6,9H2,1H3. The monoisotopic (exact) mass is 461 g/mol. The van der Waals surface area contributed by atoms with Gasteiger partial charge in [0, 0.05) is 31.2 Å². The molecule has 4 heterocycles. The first kappa shape index (κ1) is 21.0. The predicted molar refractivity (Wildman–Crippen MR) is 106 cm³/mol. The van der Waals surface area contributed by atoms with E-state index in [1.807, 2.05) is 4.90 Å². The summed E-state index contributed by atoms with van der Waals surface area (Å²) in [5.41, 5.74) is 0.603. The molecule has 8 nitrogen and oxygen atoms in total. The second kappa shape index (κ2) is 7.80. The van der Waals surface area contributed by atoms with E-state index in [1.165, 1.54) is 28.0 Å². The molecular weight excluding hydrogens is 443 g/mol. The van der Waals surface area contributed by atoms with Crippen molar-refractivity contribution in [3.63, 3.8) is 0 Å². The molecule has 0 spiro atoms. The molecule has 1 unspecified atom stereocenters. The molecule has 0 aliphatic carbocycles. The highest BCUT2D eigenvalue weighted by Crippen LogP contribution is 2.32. The number of pyridine rings is 1. The average molecular weight is 461 g/mol. The minimum atomic E-state index is -4.45. The lowest BCUT2D eigenvalue weighted by Crippen LogP contribution is -2.47. The quantitative estimate of drug-likeness (QED) is 0.627. The maximum absolute atomic E-state index is 13.1. The number of sulfonamides is 1. The van der Waals surface area contributed by atoms with Crippen molar-refractivity contribution in [1.82, 2.24) is 19.1 Å². The number of nitrogens with zero attached hydrogens (tertiary/aromatic N) is 4. The molecule has 162 valence electrons. The molecule has 0 aromatic carbocycles. The molecule has 3 aromatic heterocycles. The summed E-state index contributed by atoms with van der Waals surface area (Å²) in [5, 5.41) is 2.44. The largest absolute Gasteiger partial charge is 0.417 e. The van der Waals surface area contributed by atoms with Gasteiger partial charge in [0.1, 0.15) is 11.3 Å². The van der Waals surface area contributed by atoms with Crippen molar-refractivity contribution in [2.75, 3.05) is 37.4 Å². The molecule has 1 N–H and O–H groups in total. The zero-order valence-corrected chi connectivity index (χ0v) is 17.4. The van der Waals surface area contributed by atoms with Crippen molar-refractivity contribution >= 4 is 32.1 Å². The van der Waals surface area contributed by atoms with Crippen LogP contribution in [0.25, 0.3) is 17.0 Å². The number of fused-ring (bicyclic) bond motifs is 1. The number of ether oxygens (including phenoxy) is 1. The number of nitrogens with one attached hydrogen (secondary N) is 1. The third-order valence-corrected chi connectivity index (χ3v) is 6.16. The summed E-state index contributed by atoms with van der Waals surface area (Å²) in [5.74, 6) is 0. The summed E-state index contributed by atoms with van der Waals surface area (Å²) in [6.07, 6.45) is -1.19. The van der Waals surface area contributed by atoms with Crippen LogP contribution in [0.3, 0.4) is 0 Å². The van der Waals surface area contributed by atoms with Crippen molar-refractivity contribution < 1.29 is 26.3 Å². The van der Waals surface area contributed by atoms with Crippen LogP contribution < -0.4 is 9.62 Å². The van der Waals surface area contributed by atoms with Gasteiger partial charge in [0.2, 0.25) is 10.0 Å². The highest BCUT2D eigenvalue weighted by atomic mass is 32.2. The van der Waals surface area contributed by atoms with Crippen molar-refractivity contribution in [3.8, 4) is 11.4 Å². The van der Waals surface area contributed by atoms with E-state index in [2.05, 4.69) is 14.7 Å². The lowest BCUT2D eigenvalue weighted by molar-refractivity contribution is -0.137. The molecule has 3 aromatic rings. The Hall–Kier alpha value is -2.22. The number of halogens is 3. The summed E-state index contributed by atoms with van der Waals surface area (Å²) in [4.78, 5) is 10.7. The van der Waals surface area contributed by atoms with E-state index in [4.69, 9.17) is 4.74 Å². The van der Waals surface area contributed by atoms with Gasteiger partial charge >= 0.3 is 6.18 Å². The zero-order chi connectivity index (χ0) is 21.5. The molecule has 0 bridgehead atoms. The Balaban J connectivity index is 1.55. The van der Waals surface area contributed by atoms with Gasteiger partial charge in [-0.25, -0.2) is 23.1 Å². The topological polar surface area (TPSA) is 88.8 Å². The van der Waals surface area contributed by atoms with E-state index in [1.54, 1.807) is 5.38 Å². The molecule has 1 aliphatic heterocycles. The fraction of sp³-hybridized carbons (Fsp3) is 0.412. The van der Waals surface area contributed by atoms with E-state index >= 15 is 0 Å². The number of aromatic nitrogens is 3. The van der Waals surface area contributed by atoms with Crippen molar-refractivity contribution in [1.29, 1.82) is 0 Å². The van der Waals surface area contributed by atoms with Crippen LogP contribution >= 0.6 is 11.3 Å². The van der Waals surface area contributed by atoms with Crippen LogP contribution in [0.4, 0.5) is 18.3 Å². The average Bonchev–Trinajstić information content (AvgIpc) is 3.31. The smallest absolute Gasteiger partial charge is 0.373 e. The van der Waals surface area contributed by atoms with Gasteiger partial charge in [-0.05, 0) is 12.1 Å². The molecule has 0 saturated carbocycles. The maximum Gasteiger partial charge on any atom is 0.417 e. The Morgan fingerprint density at radius 3 is 2.90 bits per heavy atom. The molecule has 0 amide bonds. The lowest BCUT2D eigenvalue weighted by Gasteiger charge is -2.32. The molecular formula is C17H18F3N5O3S2. The van der Waals surface area contributed by atoms with Gasteiger partial charge in [0.15, 0.2) is 5.13 Å². The van der Waals surface area contributed by atoms with Gasteiger partial charge in [-0.2, -0.15) is 13.2 Å². The number of alkyl halides is 3. The van der Waals surface area contributed by atoms with Crippen molar-refractivity contribution in [3.05, 3.63) is 35.5 Å². The molecule has 0 radical (unpaired) electrons. The molecule has 4 rings (SSSR count). The number of anilines is 1. The van der Waals surface area contributed by atoms with E-state index in [-0.39, 0.29) is 12.6 Å². The number of hydrogen-bond acceptors (Lipinski definition) is 7. The van der Waals surface area contributed by atoms with Crippen molar-refractivity contribution in [2.45, 2.75) is 12.3 Å². The summed E-state index contributed by atoms with van der Waals surface area (Å²) in [6, 6.07) is 2.32. The van der Waals surface area contributed by atoms with Gasteiger partial charge in [-0.1, -0.05) is 0 Å². The molecule has 1 atom stereocenters. The minimum absolute atomic E-state index is 0.154. The Kier molecular flexibility index (Phi) is 5.46. The lowest BCUT2D eigenvalue weighted by atomic mass is 10.2. The number of rotatable bonds is 5. The zero-order valence-electron chi connectivity index (χ0n) is 15.8. The Morgan fingerprint density at radius 1 is 1.37 bits per heavy atom. The molecule has 13 heteroatoms. The van der Waals surface area contributed by atoms with Crippen LogP contribution in [0.5, 0.6) is 0 Å². The van der Waals surface area contributed by atoms with Crippen LogP contribution in [-0.2, 0) is 20.9 Å². The SMILES string of the molecule is CS(=O)(=O)NCC1CN(c2nc(-c3cnc4ccc(C(F)(F)F)cn34)cs2)CCO1. The summed E-state index contributed by atoms with van der Waals surface area (Å²) < 4.78 is 71.2. The minimum Gasteiger partial charge on any atom is -0.373 e. The molecule has 1 saturated heterocycles. The highest BCUT2D eigenvalue weighted by molar-refractivity contribution is 7.88. The van der Waals surface area contributed by atoms with Crippen LogP contribution in [-0.4, -0.2) is 61.4 Å². The Morgan fingerprint density at radius 2 is 2.17 bits per heavy atom. The number of morpholine rings is 1. The third-order valence-electron chi connectivity index (χ3n) is 4.57. The Labute approximate surface area is 174 Å². The van der Waals surface area contributed by atoms with Gasteiger partial charge in [0.05, 0.1) is 36.4 Å². The second-order valence-electron chi connectivity index (χ2n) is 6.86. The predicted octanol–water partition coefficient (Wildman–Crippen LogP) is 2.23. The molecule has 30 heavy (non-hydrogen) atoms. The second-order valence-corrected chi connectivity index (χ2v) is 9.53. The van der Waals surface area contributed by atoms with E-state index < -0.39 is 21.8 Å². The summed E-state index contributed by atoms with van der Waals surface area (Å²) in [7, 11) is -3.32. The van der Waals surface area contributed by atoms with E-state index in [0.29, 0.717) is 41.9 Å². The van der Waals surface area contributed by atoms with Gasteiger partial charge < -0.3 is 9.64 Å². The number of imidazole rings is 1. The van der Waals surface area contributed by atoms with Crippen LogP contribution in [0.2, 0.25) is 0 Å². The fourth-order valence-electron chi connectivity index (χ4n) is 3.13. The first-order valence-corrected chi connectivity index (χ1v) is 11.7. The van der Waals surface area contributed by atoms with Crippen LogP contribution in [0.1, 0.15) is 5.56 Å². The molecule has 1 aliphatic rings. The van der Waals surface area contributed by atoms with Gasteiger partial charge in [-0.15, -0.1) is 11.3 Å². The fourth-order valence-corrected chi connectivity index (χ4v) is 4.47. The normalized spacial score (nSPS) is 18.3. The Bertz CT molecular complexity index is 1160. The van der Waals surface area contributed by atoms with Crippen molar-refractivity contribution in [2.24, 2.45) is 0 Å². The summed E-state index contributed by atoms with van der Waals surface area (Å²) >= 11 is 1.36. The summed E-state index contributed by atoms with van der Waals surface area (Å²) in [6.45, 7) is 1.59. The van der Waals surface area contributed by atoms with E-state index in [9.17, 15) is 21.6 Å².